The van der Waals surface area contributed by atoms with Crippen LogP contribution in [0.4, 0.5) is 0 Å². The minimum absolute atomic E-state index is 0.898. The van der Waals surface area contributed by atoms with Crippen LogP contribution < -0.4 is 0 Å². The molecule has 0 aromatic heterocycles. The SMILES string of the molecule is CC.CCCCC(CC)CCOC. The quantitative estimate of drug-likeness (QED) is 0.580. The molecule has 0 N–H and O–H groups in total. The summed E-state index contributed by atoms with van der Waals surface area (Å²) < 4.78 is 5.05. The van der Waals surface area contributed by atoms with Crippen molar-refractivity contribution in [1.29, 1.82) is 0 Å². The molecule has 0 aromatic rings. The van der Waals surface area contributed by atoms with Crippen molar-refractivity contribution in [3.05, 3.63) is 0 Å². The van der Waals surface area contributed by atoms with Crippen molar-refractivity contribution in [2.24, 2.45) is 5.92 Å². The van der Waals surface area contributed by atoms with Crippen LogP contribution in [-0.2, 0) is 4.74 Å². The first kappa shape index (κ1) is 15.4. The Balaban J connectivity index is 0. The predicted octanol–water partition coefficient (Wildman–Crippen LogP) is 4.27. The van der Waals surface area contributed by atoms with E-state index in [1.165, 1.54) is 32.1 Å². The molecule has 1 nitrogen and oxygen atoms in total. The van der Waals surface area contributed by atoms with Gasteiger partial charge in [0.1, 0.15) is 0 Å². The third kappa shape index (κ3) is 12.0. The van der Waals surface area contributed by atoms with Crippen LogP contribution in [-0.4, -0.2) is 13.7 Å². The summed E-state index contributed by atoms with van der Waals surface area (Å²) in [7, 11) is 1.78. The summed E-state index contributed by atoms with van der Waals surface area (Å²) in [6, 6.07) is 0. The van der Waals surface area contributed by atoms with Gasteiger partial charge in [0.05, 0.1) is 0 Å². The minimum atomic E-state index is 0.898. The summed E-state index contributed by atoms with van der Waals surface area (Å²) in [4.78, 5) is 0. The van der Waals surface area contributed by atoms with E-state index in [1.54, 1.807) is 7.11 Å². The van der Waals surface area contributed by atoms with Gasteiger partial charge in [-0.05, 0) is 12.3 Å². The van der Waals surface area contributed by atoms with Crippen molar-refractivity contribution in [2.45, 2.75) is 59.8 Å². The van der Waals surface area contributed by atoms with Crippen molar-refractivity contribution < 1.29 is 4.74 Å². The van der Waals surface area contributed by atoms with E-state index >= 15 is 0 Å². The largest absolute Gasteiger partial charge is 0.385 e. The van der Waals surface area contributed by atoms with Gasteiger partial charge in [0.15, 0.2) is 0 Å². The minimum Gasteiger partial charge on any atom is -0.385 e. The second-order valence-electron chi connectivity index (χ2n) is 3.20. The maximum absolute atomic E-state index is 5.05. The van der Waals surface area contributed by atoms with Crippen molar-refractivity contribution in [3.8, 4) is 0 Å². The molecule has 1 atom stereocenters. The summed E-state index contributed by atoms with van der Waals surface area (Å²) in [5, 5.41) is 0. The maximum atomic E-state index is 5.05. The van der Waals surface area contributed by atoms with E-state index in [9.17, 15) is 0 Å². The molecule has 0 spiro atoms. The molecule has 82 valence electrons. The average molecular weight is 188 g/mol. The number of methoxy groups -OCH3 is 1. The standard InChI is InChI=1S/C10H22O.C2H6/c1-4-6-7-10(5-2)8-9-11-3;1-2/h10H,4-9H2,1-3H3;1-2H3. The van der Waals surface area contributed by atoms with Crippen molar-refractivity contribution in [1.82, 2.24) is 0 Å². The molecule has 0 saturated heterocycles. The maximum Gasteiger partial charge on any atom is 0.0464 e. The van der Waals surface area contributed by atoms with Gasteiger partial charge in [-0.2, -0.15) is 0 Å². The van der Waals surface area contributed by atoms with E-state index in [1.807, 2.05) is 13.8 Å². The van der Waals surface area contributed by atoms with Crippen LogP contribution in [0.15, 0.2) is 0 Å². The molecular weight excluding hydrogens is 160 g/mol. The molecule has 0 bridgehead atoms. The van der Waals surface area contributed by atoms with Gasteiger partial charge >= 0.3 is 0 Å². The molecular formula is C12H28O. The third-order valence-electron chi connectivity index (χ3n) is 2.27. The van der Waals surface area contributed by atoms with E-state index in [0.29, 0.717) is 0 Å². The van der Waals surface area contributed by atoms with Gasteiger partial charge in [-0.25, -0.2) is 0 Å². The fourth-order valence-electron chi connectivity index (χ4n) is 1.33. The highest BCUT2D eigenvalue weighted by Gasteiger charge is 2.03. The zero-order valence-electron chi connectivity index (χ0n) is 10.2. The lowest BCUT2D eigenvalue weighted by atomic mass is 9.96. The van der Waals surface area contributed by atoms with Crippen LogP contribution in [0.3, 0.4) is 0 Å². The lowest BCUT2D eigenvalue weighted by Gasteiger charge is -2.12. The number of ether oxygens (including phenoxy) is 1. The van der Waals surface area contributed by atoms with E-state index < -0.39 is 0 Å². The summed E-state index contributed by atoms with van der Waals surface area (Å²) in [6.07, 6.45) is 6.64. The van der Waals surface area contributed by atoms with E-state index in [-0.39, 0.29) is 0 Å². The van der Waals surface area contributed by atoms with E-state index in [2.05, 4.69) is 13.8 Å². The number of rotatable bonds is 7. The highest BCUT2D eigenvalue weighted by atomic mass is 16.5. The molecule has 1 unspecified atom stereocenters. The molecule has 1 heteroatoms. The van der Waals surface area contributed by atoms with Crippen LogP contribution in [0.25, 0.3) is 0 Å². The molecule has 0 radical (unpaired) electrons. The number of unbranched alkanes of at least 4 members (excludes halogenated alkanes) is 1. The van der Waals surface area contributed by atoms with Gasteiger partial charge in [-0.3, -0.25) is 0 Å². The van der Waals surface area contributed by atoms with Gasteiger partial charge in [0.25, 0.3) is 0 Å². The molecule has 13 heavy (non-hydrogen) atoms. The predicted molar refractivity (Wildman–Crippen MR) is 61.1 cm³/mol. The summed E-state index contributed by atoms with van der Waals surface area (Å²) in [5.41, 5.74) is 0. The van der Waals surface area contributed by atoms with Gasteiger partial charge in [-0.1, -0.05) is 53.4 Å². The Kier molecular flexibility index (Phi) is 17.2. The highest BCUT2D eigenvalue weighted by Crippen LogP contribution is 2.15. The van der Waals surface area contributed by atoms with Crippen LogP contribution in [0.5, 0.6) is 0 Å². The molecule has 0 aromatic carbocycles. The second kappa shape index (κ2) is 14.5. The Morgan fingerprint density at radius 3 is 2.08 bits per heavy atom. The molecule has 0 heterocycles. The summed E-state index contributed by atoms with van der Waals surface area (Å²) in [6.45, 7) is 9.46. The topological polar surface area (TPSA) is 9.23 Å². The molecule has 0 aliphatic heterocycles. The molecule has 0 rings (SSSR count). The monoisotopic (exact) mass is 188 g/mol. The van der Waals surface area contributed by atoms with Gasteiger partial charge < -0.3 is 4.74 Å². The Morgan fingerprint density at radius 2 is 1.69 bits per heavy atom. The Morgan fingerprint density at radius 1 is 1.08 bits per heavy atom. The van der Waals surface area contributed by atoms with Gasteiger partial charge in [0.2, 0.25) is 0 Å². The number of hydrogen-bond donors (Lipinski definition) is 0. The Hall–Kier alpha value is -0.0400. The van der Waals surface area contributed by atoms with Crippen LogP contribution in [0.1, 0.15) is 59.8 Å². The Labute approximate surface area is 84.9 Å². The first-order valence-corrected chi connectivity index (χ1v) is 5.84. The zero-order chi connectivity index (χ0) is 10.5. The average Bonchev–Trinajstić information content (AvgIpc) is 2.21. The number of hydrogen-bond acceptors (Lipinski definition) is 1. The normalized spacial score (nSPS) is 11.8. The molecule has 0 aliphatic rings. The van der Waals surface area contributed by atoms with Crippen molar-refractivity contribution >= 4 is 0 Å². The lowest BCUT2D eigenvalue weighted by molar-refractivity contribution is 0.173. The van der Waals surface area contributed by atoms with Crippen LogP contribution >= 0.6 is 0 Å². The van der Waals surface area contributed by atoms with Crippen LogP contribution in [0, 0.1) is 5.92 Å². The molecule has 0 saturated carbocycles. The lowest BCUT2D eigenvalue weighted by Crippen LogP contribution is -2.02. The zero-order valence-corrected chi connectivity index (χ0v) is 10.2. The van der Waals surface area contributed by atoms with Gasteiger partial charge in [-0.15, -0.1) is 0 Å². The molecule has 0 fully saturated rings. The first-order chi connectivity index (χ1) is 6.35. The fourth-order valence-corrected chi connectivity index (χ4v) is 1.33. The molecule has 0 amide bonds. The Bertz CT molecular complexity index is 63.5. The van der Waals surface area contributed by atoms with Crippen molar-refractivity contribution in [3.63, 3.8) is 0 Å². The van der Waals surface area contributed by atoms with Crippen molar-refractivity contribution in [2.75, 3.05) is 13.7 Å². The summed E-state index contributed by atoms with van der Waals surface area (Å²) in [5.74, 6) is 0.898. The van der Waals surface area contributed by atoms with E-state index in [0.717, 1.165) is 12.5 Å². The smallest absolute Gasteiger partial charge is 0.0464 e. The fraction of sp³-hybridized carbons (Fsp3) is 1.00. The third-order valence-corrected chi connectivity index (χ3v) is 2.27. The van der Waals surface area contributed by atoms with E-state index in [4.69, 9.17) is 4.74 Å². The highest BCUT2D eigenvalue weighted by molar-refractivity contribution is 4.56. The van der Waals surface area contributed by atoms with Crippen LogP contribution in [0.2, 0.25) is 0 Å². The first-order valence-electron chi connectivity index (χ1n) is 5.84. The molecule has 0 aliphatic carbocycles. The second-order valence-corrected chi connectivity index (χ2v) is 3.20. The van der Waals surface area contributed by atoms with Gasteiger partial charge in [0, 0.05) is 13.7 Å². The summed E-state index contributed by atoms with van der Waals surface area (Å²) >= 11 is 0.